The summed E-state index contributed by atoms with van der Waals surface area (Å²) in [6.45, 7) is 0.963. The van der Waals surface area contributed by atoms with Gasteiger partial charge in [0.1, 0.15) is 5.84 Å². The van der Waals surface area contributed by atoms with Gasteiger partial charge >= 0.3 is 0 Å². The molecule has 3 heteroatoms. The maximum Gasteiger partial charge on any atom is 0.100 e. The van der Waals surface area contributed by atoms with Gasteiger partial charge in [-0.1, -0.05) is 40.2 Å². The second-order valence-electron chi connectivity index (χ2n) is 4.31. The number of hydrogen-bond acceptors (Lipinski definition) is 1. The molecule has 1 heterocycles. The van der Waals surface area contributed by atoms with Crippen LogP contribution in [0.25, 0.3) is 10.8 Å². The van der Waals surface area contributed by atoms with Gasteiger partial charge < -0.3 is 4.90 Å². The molecular formula is C14H13BrN2. The van der Waals surface area contributed by atoms with Gasteiger partial charge in [-0.2, -0.15) is 0 Å². The first-order valence-electron chi connectivity index (χ1n) is 5.79. The molecule has 1 fully saturated rings. The molecule has 0 unspecified atom stereocenters. The fourth-order valence-electron chi connectivity index (χ4n) is 2.42. The maximum absolute atomic E-state index is 7.99. The van der Waals surface area contributed by atoms with Crippen LogP contribution in [0, 0.1) is 5.41 Å². The summed E-state index contributed by atoms with van der Waals surface area (Å²) in [5, 5.41) is 10.4. The van der Waals surface area contributed by atoms with Crippen molar-refractivity contribution in [3.05, 3.63) is 40.9 Å². The van der Waals surface area contributed by atoms with E-state index in [1.54, 1.807) is 0 Å². The van der Waals surface area contributed by atoms with E-state index in [4.69, 9.17) is 5.41 Å². The fraction of sp³-hybridized carbons (Fsp3) is 0.214. The van der Waals surface area contributed by atoms with Gasteiger partial charge in [0, 0.05) is 28.5 Å². The van der Waals surface area contributed by atoms with Gasteiger partial charge in [0.15, 0.2) is 0 Å². The van der Waals surface area contributed by atoms with Crippen molar-refractivity contribution < 1.29 is 0 Å². The van der Waals surface area contributed by atoms with Crippen LogP contribution in [0.5, 0.6) is 0 Å². The third-order valence-corrected chi connectivity index (χ3v) is 3.95. The number of benzene rings is 2. The maximum atomic E-state index is 7.99. The van der Waals surface area contributed by atoms with Crippen LogP contribution >= 0.6 is 15.9 Å². The van der Waals surface area contributed by atoms with E-state index in [0.717, 1.165) is 35.4 Å². The van der Waals surface area contributed by atoms with E-state index in [2.05, 4.69) is 51.2 Å². The van der Waals surface area contributed by atoms with Gasteiger partial charge in [-0.3, -0.25) is 5.41 Å². The largest absolute Gasteiger partial charge is 0.330 e. The van der Waals surface area contributed by atoms with Gasteiger partial charge in [0.25, 0.3) is 0 Å². The molecule has 0 spiro atoms. The first-order valence-corrected chi connectivity index (χ1v) is 6.59. The van der Waals surface area contributed by atoms with Gasteiger partial charge in [-0.25, -0.2) is 0 Å². The number of anilines is 1. The molecule has 1 saturated heterocycles. The molecule has 0 atom stereocenters. The van der Waals surface area contributed by atoms with E-state index in [9.17, 15) is 0 Å². The van der Waals surface area contributed by atoms with Crippen molar-refractivity contribution in [1.82, 2.24) is 0 Å². The third kappa shape index (κ3) is 1.75. The predicted molar refractivity (Wildman–Crippen MR) is 76.0 cm³/mol. The number of nitrogens with zero attached hydrogens (tertiary/aromatic N) is 1. The Morgan fingerprint density at radius 2 is 1.82 bits per heavy atom. The van der Waals surface area contributed by atoms with E-state index >= 15 is 0 Å². The molecule has 1 aliphatic rings. The Bertz CT molecular complexity index is 592. The van der Waals surface area contributed by atoms with E-state index in [-0.39, 0.29) is 0 Å². The van der Waals surface area contributed by atoms with Crippen LogP contribution in [-0.2, 0) is 0 Å². The molecule has 2 aromatic rings. The quantitative estimate of drug-likeness (QED) is 0.837. The number of hydrogen-bond donors (Lipinski definition) is 1. The highest BCUT2D eigenvalue weighted by Gasteiger charge is 2.20. The molecule has 0 bridgehead atoms. The molecule has 0 radical (unpaired) electrons. The van der Waals surface area contributed by atoms with Crippen LogP contribution in [0.15, 0.2) is 40.9 Å². The Labute approximate surface area is 109 Å². The van der Waals surface area contributed by atoms with Crippen LogP contribution in [0.2, 0.25) is 0 Å². The summed E-state index contributed by atoms with van der Waals surface area (Å²) in [6, 6.07) is 12.5. The molecule has 0 amide bonds. The third-order valence-electron chi connectivity index (χ3n) is 3.26. The van der Waals surface area contributed by atoms with Crippen molar-refractivity contribution in [2.24, 2.45) is 0 Å². The lowest BCUT2D eigenvalue weighted by Crippen LogP contribution is -2.23. The molecule has 0 aromatic heterocycles. The second kappa shape index (κ2) is 4.15. The first kappa shape index (κ1) is 10.8. The molecule has 2 nitrogen and oxygen atoms in total. The summed E-state index contributed by atoms with van der Waals surface area (Å²) in [6.07, 6.45) is 1.98. The highest BCUT2D eigenvalue weighted by Crippen LogP contribution is 2.34. The van der Waals surface area contributed by atoms with Crippen LogP contribution < -0.4 is 4.90 Å². The smallest absolute Gasteiger partial charge is 0.100 e. The topological polar surface area (TPSA) is 27.1 Å². The van der Waals surface area contributed by atoms with Gasteiger partial charge in [0.05, 0.1) is 0 Å². The lowest BCUT2D eigenvalue weighted by Gasteiger charge is -2.20. The molecule has 86 valence electrons. The fourth-order valence-corrected chi connectivity index (χ4v) is 2.90. The van der Waals surface area contributed by atoms with Crippen LogP contribution in [0.3, 0.4) is 0 Å². The summed E-state index contributed by atoms with van der Waals surface area (Å²) in [5.74, 6) is 0.734. The number of nitrogens with one attached hydrogen (secondary N) is 1. The zero-order valence-corrected chi connectivity index (χ0v) is 11.0. The molecule has 1 aliphatic heterocycles. The summed E-state index contributed by atoms with van der Waals surface area (Å²) in [5.41, 5.74) is 1.16. The number of fused-ring (bicyclic) bond motifs is 1. The Hall–Kier alpha value is -1.35. The first-order chi connectivity index (χ1) is 8.27. The van der Waals surface area contributed by atoms with Gasteiger partial charge in [0.2, 0.25) is 0 Å². The van der Waals surface area contributed by atoms with Crippen molar-refractivity contribution in [3.63, 3.8) is 0 Å². The minimum Gasteiger partial charge on any atom is -0.330 e. The molecule has 0 saturated carbocycles. The van der Waals surface area contributed by atoms with Crippen molar-refractivity contribution >= 4 is 38.2 Å². The molecule has 0 aliphatic carbocycles. The molecule has 17 heavy (non-hydrogen) atoms. The predicted octanol–water partition coefficient (Wildman–Crippen LogP) is 4.18. The van der Waals surface area contributed by atoms with Gasteiger partial charge in [-0.05, 0) is 23.9 Å². The molecular weight excluding hydrogens is 276 g/mol. The number of rotatable bonds is 1. The lowest BCUT2D eigenvalue weighted by atomic mass is 10.1. The minimum atomic E-state index is 0.734. The monoisotopic (exact) mass is 288 g/mol. The Kier molecular flexibility index (Phi) is 2.63. The molecule has 2 aromatic carbocycles. The average Bonchev–Trinajstić information content (AvgIpc) is 2.77. The lowest BCUT2D eigenvalue weighted by molar-refractivity contribution is 0.958. The highest BCUT2D eigenvalue weighted by atomic mass is 79.9. The van der Waals surface area contributed by atoms with Crippen molar-refractivity contribution in [1.29, 1.82) is 5.41 Å². The van der Waals surface area contributed by atoms with Crippen LogP contribution in [-0.4, -0.2) is 12.4 Å². The van der Waals surface area contributed by atoms with Crippen molar-refractivity contribution in [3.8, 4) is 0 Å². The highest BCUT2D eigenvalue weighted by molar-refractivity contribution is 9.10. The van der Waals surface area contributed by atoms with E-state index in [1.807, 2.05) is 6.07 Å². The number of halogens is 1. The average molecular weight is 289 g/mol. The van der Waals surface area contributed by atoms with Crippen LogP contribution in [0.1, 0.15) is 12.8 Å². The zero-order valence-electron chi connectivity index (χ0n) is 9.41. The van der Waals surface area contributed by atoms with Crippen molar-refractivity contribution in [2.75, 3.05) is 11.4 Å². The second-order valence-corrected chi connectivity index (χ2v) is 5.17. The summed E-state index contributed by atoms with van der Waals surface area (Å²) >= 11 is 3.58. The minimum absolute atomic E-state index is 0.734. The van der Waals surface area contributed by atoms with E-state index in [0.29, 0.717) is 0 Å². The van der Waals surface area contributed by atoms with E-state index < -0.39 is 0 Å². The SMILES string of the molecule is N=C1CCCN1c1ccc(Br)c2ccccc12. The Balaban J connectivity index is 2.23. The van der Waals surface area contributed by atoms with Crippen LogP contribution in [0.4, 0.5) is 5.69 Å². The summed E-state index contributed by atoms with van der Waals surface area (Å²) < 4.78 is 1.11. The zero-order chi connectivity index (χ0) is 11.8. The van der Waals surface area contributed by atoms with Gasteiger partial charge in [-0.15, -0.1) is 0 Å². The molecule has 3 rings (SSSR count). The summed E-state index contributed by atoms with van der Waals surface area (Å²) in [7, 11) is 0. The standard InChI is InChI=1S/C14H13BrN2/c15-12-7-8-13(17-9-3-6-14(17)16)11-5-2-1-4-10(11)12/h1-2,4-5,7-8,16H,3,6,9H2. The van der Waals surface area contributed by atoms with Crippen molar-refractivity contribution in [2.45, 2.75) is 12.8 Å². The summed E-state index contributed by atoms with van der Waals surface area (Å²) in [4.78, 5) is 2.12. The van der Waals surface area contributed by atoms with E-state index in [1.165, 1.54) is 10.8 Å². The Morgan fingerprint density at radius 3 is 2.53 bits per heavy atom. The Morgan fingerprint density at radius 1 is 1.06 bits per heavy atom. The molecule has 1 N–H and O–H groups in total. The normalized spacial score (nSPS) is 15.8. The number of amidine groups is 1.